The zero-order chi connectivity index (χ0) is 19.8. The first-order valence-electron chi connectivity index (χ1n) is 8.83. The van der Waals surface area contributed by atoms with Crippen LogP contribution in [0, 0.1) is 5.82 Å². The predicted octanol–water partition coefficient (Wildman–Crippen LogP) is 4.40. The number of halogens is 2. The molecule has 1 N–H and O–H groups in total. The van der Waals surface area contributed by atoms with Gasteiger partial charge in [-0.1, -0.05) is 23.4 Å². The summed E-state index contributed by atoms with van der Waals surface area (Å²) in [7, 11) is 1.68. The van der Waals surface area contributed by atoms with Crippen molar-refractivity contribution in [1.29, 1.82) is 0 Å². The van der Waals surface area contributed by atoms with E-state index in [9.17, 15) is 14.0 Å². The van der Waals surface area contributed by atoms with E-state index >= 15 is 0 Å². The normalized spacial score (nSPS) is 13.5. The summed E-state index contributed by atoms with van der Waals surface area (Å²) in [5.74, 6) is -0.716. The molecule has 146 valence electrons. The first-order chi connectivity index (χ1) is 13.4. The third-order valence-corrected chi connectivity index (χ3v) is 7.22. The molecule has 9 heteroatoms. The topological polar surface area (TPSA) is 64.0 Å². The first-order valence-corrected chi connectivity index (χ1v) is 11.0. The lowest BCUT2D eigenvalue weighted by Gasteiger charge is -2.11. The number of carbonyl (C=O) groups excluding carboxylic acids is 1. The molecule has 1 amide bonds. The molecule has 0 bridgehead atoms. The fraction of sp³-hybridized carbons (Fsp3) is 0.316. The van der Waals surface area contributed by atoms with Gasteiger partial charge in [-0.15, -0.1) is 11.3 Å². The third-order valence-electron chi connectivity index (χ3n) is 4.69. The summed E-state index contributed by atoms with van der Waals surface area (Å²) in [6.07, 6.45) is 4.18. The number of amides is 1. The van der Waals surface area contributed by atoms with Crippen LogP contribution in [0.4, 0.5) is 10.1 Å². The van der Waals surface area contributed by atoms with E-state index in [-0.39, 0.29) is 22.2 Å². The molecular weight excluding hydrogens is 421 g/mol. The Kier molecular flexibility index (Phi) is 5.44. The summed E-state index contributed by atoms with van der Waals surface area (Å²) in [5, 5.41) is 4.01. The van der Waals surface area contributed by atoms with Crippen LogP contribution in [0.2, 0.25) is 5.02 Å². The van der Waals surface area contributed by atoms with E-state index in [2.05, 4.69) is 10.3 Å². The van der Waals surface area contributed by atoms with Crippen LogP contribution in [0.1, 0.15) is 23.3 Å². The second kappa shape index (κ2) is 7.85. The Labute approximate surface area is 173 Å². The average molecular weight is 438 g/mol. The molecule has 3 aromatic rings. The number of hydrogen-bond donors (Lipinski definition) is 1. The van der Waals surface area contributed by atoms with Crippen LogP contribution >= 0.6 is 34.7 Å². The van der Waals surface area contributed by atoms with E-state index in [1.165, 1.54) is 33.3 Å². The molecule has 0 atom stereocenters. The quantitative estimate of drug-likeness (QED) is 0.485. The van der Waals surface area contributed by atoms with E-state index in [1.54, 1.807) is 18.4 Å². The molecular formula is C19H17ClFN3O2S2. The molecule has 5 nitrogen and oxygen atoms in total. The second-order valence-electron chi connectivity index (χ2n) is 6.61. The van der Waals surface area contributed by atoms with Crippen LogP contribution in [-0.4, -0.2) is 21.2 Å². The monoisotopic (exact) mass is 437 g/mol. The molecule has 1 aromatic carbocycles. The molecule has 2 heterocycles. The summed E-state index contributed by atoms with van der Waals surface area (Å²) in [6, 6.07) is 3.78. The second-order valence-corrected chi connectivity index (χ2v) is 9.04. The zero-order valence-electron chi connectivity index (χ0n) is 15.1. The van der Waals surface area contributed by atoms with Gasteiger partial charge < -0.3 is 5.32 Å². The summed E-state index contributed by atoms with van der Waals surface area (Å²) < 4.78 is 14.6. The lowest BCUT2D eigenvalue weighted by molar-refractivity contribution is -0.113. The molecule has 1 aliphatic rings. The van der Waals surface area contributed by atoms with Gasteiger partial charge in [-0.3, -0.25) is 14.2 Å². The largest absolute Gasteiger partial charge is 0.324 e. The summed E-state index contributed by atoms with van der Waals surface area (Å²) in [6.45, 7) is 0. The van der Waals surface area contributed by atoms with E-state index < -0.39 is 5.82 Å². The van der Waals surface area contributed by atoms with Crippen molar-refractivity contribution in [1.82, 2.24) is 9.55 Å². The van der Waals surface area contributed by atoms with Gasteiger partial charge in [-0.25, -0.2) is 9.37 Å². The Bertz CT molecular complexity index is 1140. The third kappa shape index (κ3) is 3.68. The van der Waals surface area contributed by atoms with Gasteiger partial charge in [0.25, 0.3) is 5.56 Å². The number of rotatable bonds is 4. The van der Waals surface area contributed by atoms with Crippen LogP contribution < -0.4 is 10.9 Å². The van der Waals surface area contributed by atoms with Crippen LogP contribution in [-0.2, 0) is 24.7 Å². The van der Waals surface area contributed by atoms with Crippen molar-refractivity contribution in [3.8, 4) is 0 Å². The van der Waals surface area contributed by atoms with Crippen molar-refractivity contribution in [2.75, 3.05) is 11.1 Å². The fourth-order valence-corrected chi connectivity index (χ4v) is 5.59. The summed E-state index contributed by atoms with van der Waals surface area (Å²) >= 11 is 8.71. The van der Waals surface area contributed by atoms with Gasteiger partial charge >= 0.3 is 0 Å². The van der Waals surface area contributed by atoms with Gasteiger partial charge in [0.05, 0.1) is 21.8 Å². The van der Waals surface area contributed by atoms with Crippen molar-refractivity contribution in [3.63, 3.8) is 0 Å². The molecule has 0 saturated heterocycles. The number of nitrogens with zero attached hydrogens (tertiary/aromatic N) is 2. The van der Waals surface area contributed by atoms with E-state index in [1.807, 2.05) is 0 Å². The van der Waals surface area contributed by atoms with E-state index in [0.717, 1.165) is 47.5 Å². The SMILES string of the molecule is Cn1c(SCC(=O)Nc2ccc(F)cc2Cl)nc2sc3c(c2c1=O)CCCC3. The van der Waals surface area contributed by atoms with Gasteiger partial charge in [-0.2, -0.15) is 0 Å². The first kappa shape index (κ1) is 19.4. The van der Waals surface area contributed by atoms with Gasteiger partial charge in [0.15, 0.2) is 5.16 Å². The minimum Gasteiger partial charge on any atom is -0.324 e. The summed E-state index contributed by atoms with van der Waals surface area (Å²) in [5.41, 5.74) is 1.44. The highest BCUT2D eigenvalue weighted by molar-refractivity contribution is 7.99. The standard InChI is InChI=1S/C19H17ClFN3O2S2/c1-24-18(26)16-11-4-2-3-5-14(11)28-17(16)23-19(24)27-9-15(25)22-13-7-6-10(21)8-12(13)20/h6-8H,2-5,9H2,1H3,(H,22,25). The average Bonchev–Trinajstić information content (AvgIpc) is 3.04. The fourth-order valence-electron chi connectivity index (χ4n) is 3.30. The number of anilines is 1. The van der Waals surface area contributed by atoms with Crippen LogP contribution in [0.15, 0.2) is 28.2 Å². The van der Waals surface area contributed by atoms with E-state index in [4.69, 9.17) is 11.6 Å². The van der Waals surface area contributed by atoms with E-state index in [0.29, 0.717) is 10.8 Å². The van der Waals surface area contributed by atoms with Crippen molar-refractivity contribution in [2.24, 2.45) is 7.05 Å². The number of fused-ring (bicyclic) bond motifs is 3. The molecule has 1 aliphatic carbocycles. The van der Waals surface area contributed by atoms with Crippen molar-refractivity contribution in [3.05, 3.63) is 49.8 Å². The van der Waals surface area contributed by atoms with Crippen molar-refractivity contribution >= 4 is 56.5 Å². The van der Waals surface area contributed by atoms with Crippen molar-refractivity contribution < 1.29 is 9.18 Å². The van der Waals surface area contributed by atoms with Crippen molar-refractivity contribution in [2.45, 2.75) is 30.8 Å². The Hall–Kier alpha value is -1.90. The Morgan fingerprint density at radius 1 is 1.39 bits per heavy atom. The molecule has 0 radical (unpaired) electrons. The van der Waals surface area contributed by atoms with Crippen LogP contribution in [0.5, 0.6) is 0 Å². The number of aryl methyl sites for hydroxylation is 2. The zero-order valence-corrected chi connectivity index (χ0v) is 17.4. The van der Waals surface area contributed by atoms with Gasteiger partial charge in [0.2, 0.25) is 5.91 Å². The molecule has 28 heavy (non-hydrogen) atoms. The number of aromatic nitrogens is 2. The number of nitrogens with one attached hydrogen (secondary N) is 1. The maximum absolute atomic E-state index is 13.1. The number of hydrogen-bond acceptors (Lipinski definition) is 5. The minimum absolute atomic E-state index is 0.0601. The molecule has 0 aliphatic heterocycles. The number of carbonyl (C=O) groups is 1. The van der Waals surface area contributed by atoms with Gasteiger partial charge in [0.1, 0.15) is 10.6 Å². The summed E-state index contributed by atoms with van der Waals surface area (Å²) in [4.78, 5) is 31.8. The molecule has 2 aromatic heterocycles. The highest BCUT2D eigenvalue weighted by atomic mass is 35.5. The molecule has 4 rings (SSSR count). The lowest BCUT2D eigenvalue weighted by atomic mass is 9.97. The highest BCUT2D eigenvalue weighted by Gasteiger charge is 2.21. The molecule has 0 spiro atoms. The minimum atomic E-state index is -0.469. The van der Waals surface area contributed by atoms with Crippen LogP contribution in [0.25, 0.3) is 10.2 Å². The highest BCUT2D eigenvalue weighted by Crippen LogP contribution is 2.34. The van der Waals surface area contributed by atoms with Crippen LogP contribution in [0.3, 0.4) is 0 Å². The molecule has 0 unspecified atom stereocenters. The van der Waals surface area contributed by atoms with Gasteiger partial charge in [0, 0.05) is 11.9 Å². The molecule has 0 fully saturated rings. The maximum Gasteiger partial charge on any atom is 0.262 e. The molecule has 0 saturated carbocycles. The Morgan fingerprint density at radius 2 is 2.18 bits per heavy atom. The predicted molar refractivity (Wildman–Crippen MR) is 112 cm³/mol. The van der Waals surface area contributed by atoms with Gasteiger partial charge in [-0.05, 0) is 49.4 Å². The maximum atomic E-state index is 13.1. The number of thioether (sulfide) groups is 1. The Morgan fingerprint density at radius 3 is 2.96 bits per heavy atom. The number of benzene rings is 1. The smallest absolute Gasteiger partial charge is 0.262 e. The Balaban J connectivity index is 1.54. The lowest BCUT2D eigenvalue weighted by Crippen LogP contribution is -2.22. The number of thiophene rings is 1.